The highest BCUT2D eigenvalue weighted by atomic mass is 14.9. The van der Waals surface area contributed by atoms with Crippen molar-refractivity contribution < 1.29 is 0 Å². The van der Waals surface area contributed by atoms with Gasteiger partial charge in [0.25, 0.3) is 0 Å². The molecule has 18 heavy (non-hydrogen) atoms. The van der Waals surface area contributed by atoms with E-state index in [2.05, 4.69) is 60.8 Å². The lowest BCUT2D eigenvalue weighted by Crippen LogP contribution is -2.18. The summed E-state index contributed by atoms with van der Waals surface area (Å²) in [6.45, 7) is 3.09. The highest BCUT2D eigenvalue weighted by Crippen LogP contribution is 2.30. The minimum absolute atomic E-state index is 0.530. The Kier molecular flexibility index (Phi) is 3.16. The lowest BCUT2D eigenvalue weighted by Gasteiger charge is -2.14. The molecule has 0 aliphatic heterocycles. The van der Waals surface area contributed by atoms with Crippen LogP contribution in [0.3, 0.4) is 0 Å². The van der Waals surface area contributed by atoms with Gasteiger partial charge in [-0.1, -0.05) is 54.1 Å². The van der Waals surface area contributed by atoms with E-state index in [1.54, 1.807) is 0 Å². The molecule has 1 nitrogen and oxygen atoms in total. The number of hydrogen-bond donors (Lipinski definition) is 1. The maximum absolute atomic E-state index is 3.67. The molecule has 1 N–H and O–H groups in total. The fraction of sp³-hybridized carbons (Fsp3) is 0.294. The molecule has 0 saturated carbocycles. The van der Waals surface area contributed by atoms with E-state index in [1.165, 1.54) is 35.1 Å². The van der Waals surface area contributed by atoms with E-state index in [0.717, 1.165) is 6.54 Å². The van der Waals surface area contributed by atoms with Gasteiger partial charge in [0.15, 0.2) is 0 Å². The van der Waals surface area contributed by atoms with Crippen LogP contribution in [0.15, 0.2) is 48.5 Å². The number of nitrogens with one attached hydrogen (secondary N) is 1. The van der Waals surface area contributed by atoms with Crippen LogP contribution in [0.4, 0.5) is 0 Å². The Hall–Kier alpha value is -1.60. The molecule has 2 aromatic carbocycles. The Morgan fingerprint density at radius 3 is 2.67 bits per heavy atom. The quantitative estimate of drug-likeness (QED) is 0.856. The topological polar surface area (TPSA) is 12.0 Å². The third-order valence-electron chi connectivity index (χ3n) is 3.81. The average molecular weight is 237 g/mol. The van der Waals surface area contributed by atoms with Gasteiger partial charge in [0, 0.05) is 12.6 Å². The summed E-state index contributed by atoms with van der Waals surface area (Å²) in [6, 6.07) is 18.1. The van der Waals surface area contributed by atoms with Gasteiger partial charge in [0.05, 0.1) is 0 Å². The number of benzene rings is 2. The van der Waals surface area contributed by atoms with Gasteiger partial charge in [-0.3, -0.25) is 0 Å². The molecule has 2 aromatic rings. The van der Waals surface area contributed by atoms with Gasteiger partial charge in [0.1, 0.15) is 0 Å². The van der Waals surface area contributed by atoms with Crippen molar-refractivity contribution in [2.75, 3.05) is 0 Å². The summed E-state index contributed by atoms with van der Waals surface area (Å²) in [6.07, 6.45) is 2.44. The lowest BCUT2D eigenvalue weighted by molar-refractivity contribution is 0.530. The maximum Gasteiger partial charge on any atom is 0.0329 e. The Labute approximate surface area is 109 Å². The van der Waals surface area contributed by atoms with Crippen LogP contribution in [-0.2, 0) is 13.0 Å². The molecule has 1 aliphatic rings. The van der Waals surface area contributed by atoms with E-state index >= 15 is 0 Å². The first-order chi connectivity index (χ1) is 8.83. The van der Waals surface area contributed by atoms with Gasteiger partial charge < -0.3 is 5.32 Å². The van der Waals surface area contributed by atoms with Crippen molar-refractivity contribution >= 4 is 0 Å². The number of rotatable bonds is 3. The van der Waals surface area contributed by atoms with Gasteiger partial charge in [-0.15, -0.1) is 0 Å². The van der Waals surface area contributed by atoms with Gasteiger partial charge in [-0.25, -0.2) is 0 Å². The zero-order valence-electron chi connectivity index (χ0n) is 10.8. The molecular formula is C17H19N. The molecule has 0 aromatic heterocycles. The number of aryl methyl sites for hydroxylation is 2. The Balaban J connectivity index is 1.67. The minimum Gasteiger partial charge on any atom is -0.306 e. The Morgan fingerprint density at radius 1 is 1.06 bits per heavy atom. The van der Waals surface area contributed by atoms with Gasteiger partial charge in [-0.05, 0) is 36.5 Å². The van der Waals surface area contributed by atoms with Gasteiger partial charge in [-0.2, -0.15) is 0 Å². The summed E-state index contributed by atoms with van der Waals surface area (Å²) in [4.78, 5) is 0. The molecule has 0 bridgehead atoms. The maximum atomic E-state index is 3.67. The summed E-state index contributed by atoms with van der Waals surface area (Å²) in [7, 11) is 0. The van der Waals surface area contributed by atoms with Crippen LogP contribution >= 0.6 is 0 Å². The molecule has 0 unspecified atom stereocenters. The molecule has 1 aliphatic carbocycles. The van der Waals surface area contributed by atoms with Crippen LogP contribution in [0.2, 0.25) is 0 Å². The summed E-state index contributed by atoms with van der Waals surface area (Å²) in [5.41, 5.74) is 5.69. The highest BCUT2D eigenvalue weighted by molar-refractivity contribution is 5.34. The fourth-order valence-corrected chi connectivity index (χ4v) is 2.72. The van der Waals surface area contributed by atoms with Crippen LogP contribution in [0.1, 0.15) is 34.7 Å². The van der Waals surface area contributed by atoms with Crippen LogP contribution < -0.4 is 5.32 Å². The molecule has 92 valence electrons. The van der Waals surface area contributed by atoms with E-state index in [0.29, 0.717) is 6.04 Å². The largest absolute Gasteiger partial charge is 0.306 e. The molecule has 1 atom stereocenters. The van der Waals surface area contributed by atoms with Crippen LogP contribution in [-0.4, -0.2) is 0 Å². The standard InChI is InChI=1S/C17H19N/c1-13-6-8-14(9-7-13)12-18-17-11-10-15-4-2-3-5-16(15)17/h2-9,17-18H,10-12H2,1H3/t17-/m1/s1. The van der Waals surface area contributed by atoms with E-state index < -0.39 is 0 Å². The monoisotopic (exact) mass is 237 g/mol. The third-order valence-corrected chi connectivity index (χ3v) is 3.81. The van der Waals surface area contributed by atoms with E-state index in [-0.39, 0.29) is 0 Å². The predicted octanol–water partition coefficient (Wildman–Crippen LogP) is 3.77. The van der Waals surface area contributed by atoms with Crippen LogP contribution in [0, 0.1) is 6.92 Å². The summed E-state index contributed by atoms with van der Waals surface area (Å²) >= 11 is 0. The van der Waals surface area contributed by atoms with Crippen LogP contribution in [0.25, 0.3) is 0 Å². The number of hydrogen-bond acceptors (Lipinski definition) is 1. The van der Waals surface area contributed by atoms with Crippen molar-refractivity contribution in [3.8, 4) is 0 Å². The average Bonchev–Trinajstić information content (AvgIpc) is 2.82. The Bertz CT molecular complexity index is 528. The highest BCUT2D eigenvalue weighted by Gasteiger charge is 2.20. The van der Waals surface area contributed by atoms with Crippen molar-refractivity contribution in [3.63, 3.8) is 0 Å². The minimum atomic E-state index is 0.530. The first-order valence-electron chi connectivity index (χ1n) is 6.69. The third kappa shape index (κ3) is 2.32. The predicted molar refractivity (Wildman–Crippen MR) is 75.5 cm³/mol. The second-order valence-corrected chi connectivity index (χ2v) is 5.16. The normalized spacial score (nSPS) is 17.7. The van der Waals surface area contributed by atoms with Gasteiger partial charge in [0.2, 0.25) is 0 Å². The zero-order valence-corrected chi connectivity index (χ0v) is 10.8. The molecule has 0 spiro atoms. The molecular weight excluding hydrogens is 218 g/mol. The summed E-state index contributed by atoms with van der Waals surface area (Å²) < 4.78 is 0. The molecule has 0 heterocycles. The second kappa shape index (κ2) is 4.95. The molecule has 0 radical (unpaired) electrons. The smallest absolute Gasteiger partial charge is 0.0329 e. The molecule has 0 saturated heterocycles. The zero-order chi connectivity index (χ0) is 12.4. The van der Waals surface area contributed by atoms with E-state index in [1.807, 2.05) is 0 Å². The van der Waals surface area contributed by atoms with Crippen molar-refractivity contribution in [2.24, 2.45) is 0 Å². The lowest BCUT2D eigenvalue weighted by atomic mass is 10.1. The van der Waals surface area contributed by atoms with Crippen molar-refractivity contribution in [3.05, 3.63) is 70.8 Å². The summed E-state index contributed by atoms with van der Waals surface area (Å²) in [5, 5.41) is 3.67. The molecule has 1 heteroatoms. The molecule has 0 fully saturated rings. The first kappa shape index (κ1) is 11.5. The second-order valence-electron chi connectivity index (χ2n) is 5.16. The van der Waals surface area contributed by atoms with Crippen molar-refractivity contribution in [1.82, 2.24) is 5.32 Å². The van der Waals surface area contributed by atoms with Crippen molar-refractivity contribution in [2.45, 2.75) is 32.4 Å². The van der Waals surface area contributed by atoms with E-state index in [4.69, 9.17) is 0 Å². The Morgan fingerprint density at radius 2 is 1.83 bits per heavy atom. The molecule has 3 rings (SSSR count). The first-order valence-corrected chi connectivity index (χ1v) is 6.69. The van der Waals surface area contributed by atoms with E-state index in [9.17, 15) is 0 Å². The van der Waals surface area contributed by atoms with Gasteiger partial charge >= 0.3 is 0 Å². The SMILES string of the molecule is Cc1ccc(CN[C@@H]2CCc3ccccc32)cc1. The fourth-order valence-electron chi connectivity index (χ4n) is 2.72. The van der Waals surface area contributed by atoms with Crippen LogP contribution in [0.5, 0.6) is 0 Å². The molecule has 0 amide bonds. The number of fused-ring (bicyclic) bond motifs is 1. The van der Waals surface area contributed by atoms with Crippen molar-refractivity contribution in [1.29, 1.82) is 0 Å². The summed E-state index contributed by atoms with van der Waals surface area (Å²) in [5.74, 6) is 0.